The summed E-state index contributed by atoms with van der Waals surface area (Å²) in [6, 6.07) is 16.6. The first-order valence-electron chi connectivity index (χ1n) is 12.8. The van der Waals surface area contributed by atoms with Gasteiger partial charge in [-0.05, 0) is 36.5 Å². The van der Waals surface area contributed by atoms with Crippen molar-refractivity contribution in [3.63, 3.8) is 0 Å². The Morgan fingerprint density at radius 1 is 1.08 bits per heavy atom. The summed E-state index contributed by atoms with van der Waals surface area (Å²) in [6.07, 6.45) is 5.14. The summed E-state index contributed by atoms with van der Waals surface area (Å²) in [5, 5.41) is 2.90. The van der Waals surface area contributed by atoms with Crippen LogP contribution < -0.4 is 10.1 Å². The molecule has 2 aromatic carbocycles. The van der Waals surface area contributed by atoms with E-state index >= 15 is 0 Å². The number of nitrogens with zero attached hydrogens (tertiary/aromatic N) is 2. The molecule has 0 radical (unpaired) electrons. The summed E-state index contributed by atoms with van der Waals surface area (Å²) >= 11 is 0. The van der Waals surface area contributed by atoms with E-state index in [0.29, 0.717) is 57.0 Å². The van der Waals surface area contributed by atoms with E-state index < -0.39 is 0 Å². The van der Waals surface area contributed by atoms with Crippen LogP contribution in [0, 0.1) is 11.8 Å². The number of hydrogen-bond donors (Lipinski definition) is 1. The molecule has 0 saturated carbocycles. The van der Waals surface area contributed by atoms with Gasteiger partial charge in [0.25, 0.3) is 5.91 Å². The molecule has 1 fully saturated rings. The van der Waals surface area contributed by atoms with Gasteiger partial charge >= 0.3 is 0 Å². The fourth-order valence-electron chi connectivity index (χ4n) is 4.91. The van der Waals surface area contributed by atoms with Crippen LogP contribution in [-0.2, 0) is 20.9 Å². The van der Waals surface area contributed by atoms with Crippen LogP contribution in [0.4, 0.5) is 0 Å². The van der Waals surface area contributed by atoms with Crippen molar-refractivity contribution < 1.29 is 23.9 Å². The van der Waals surface area contributed by atoms with Gasteiger partial charge in [-0.2, -0.15) is 0 Å². The summed E-state index contributed by atoms with van der Waals surface area (Å²) in [5.41, 5.74) is 1.38. The van der Waals surface area contributed by atoms with Crippen LogP contribution in [-0.4, -0.2) is 74.0 Å². The zero-order valence-electron chi connectivity index (χ0n) is 21.3. The molecular weight excluding hydrogens is 470 g/mol. The second-order valence-electron chi connectivity index (χ2n) is 9.47. The Kier molecular flexibility index (Phi) is 9.32. The maximum Gasteiger partial charge on any atom is 0.254 e. The smallest absolute Gasteiger partial charge is 0.254 e. The standard InChI is InChI=1S/C29H35N3O5/c1-36-17-14-30-27(33)18-23-13-15-31-19-24(23)11-7-16-37-26-12-6-5-10-25(26)20-32(21-28(31)34)29(35)22-8-3-2-4-9-22/h2-12,23-24H,13-21H2,1H3,(H,30,33)/t23-,24-/m0/s1. The first kappa shape index (κ1) is 26.4. The van der Waals surface area contributed by atoms with Crippen molar-refractivity contribution in [1.29, 1.82) is 0 Å². The van der Waals surface area contributed by atoms with Crippen LogP contribution in [0.3, 0.4) is 0 Å². The van der Waals surface area contributed by atoms with Gasteiger partial charge in [0, 0.05) is 44.3 Å². The van der Waals surface area contributed by atoms with Crippen molar-refractivity contribution in [2.24, 2.45) is 11.8 Å². The first-order valence-corrected chi connectivity index (χ1v) is 12.8. The third kappa shape index (κ3) is 7.20. The van der Waals surface area contributed by atoms with Crippen LogP contribution in [0.15, 0.2) is 66.7 Å². The number of fused-ring (bicyclic) bond motifs is 3. The Labute approximate surface area is 218 Å². The number of rotatable bonds is 6. The van der Waals surface area contributed by atoms with E-state index in [0.717, 1.165) is 5.56 Å². The highest BCUT2D eigenvalue weighted by Crippen LogP contribution is 2.29. The molecule has 4 rings (SSSR count). The normalized spacial score (nSPS) is 20.1. The third-order valence-corrected chi connectivity index (χ3v) is 6.92. The van der Waals surface area contributed by atoms with Crippen LogP contribution in [0.1, 0.15) is 28.8 Å². The fraction of sp³-hybridized carbons (Fsp3) is 0.414. The van der Waals surface area contributed by atoms with E-state index in [1.54, 1.807) is 24.1 Å². The van der Waals surface area contributed by atoms with Gasteiger partial charge in [-0.3, -0.25) is 14.4 Å². The Balaban J connectivity index is 1.56. The number of amides is 3. The van der Waals surface area contributed by atoms with Gasteiger partial charge in [-0.15, -0.1) is 0 Å². The number of carbonyl (C=O) groups excluding carboxylic acids is 3. The maximum absolute atomic E-state index is 13.5. The third-order valence-electron chi connectivity index (χ3n) is 6.92. The molecular formula is C29H35N3O5. The second-order valence-corrected chi connectivity index (χ2v) is 9.47. The predicted octanol–water partition coefficient (Wildman–Crippen LogP) is 2.90. The lowest BCUT2D eigenvalue weighted by atomic mass is 9.82. The maximum atomic E-state index is 13.5. The summed E-state index contributed by atoms with van der Waals surface area (Å²) in [7, 11) is 1.60. The molecule has 2 aromatic rings. The van der Waals surface area contributed by atoms with Crippen molar-refractivity contribution in [2.75, 3.05) is 46.5 Å². The fourth-order valence-corrected chi connectivity index (χ4v) is 4.91. The van der Waals surface area contributed by atoms with Crippen LogP contribution in [0.25, 0.3) is 0 Å². The lowest BCUT2D eigenvalue weighted by molar-refractivity contribution is -0.134. The highest BCUT2D eigenvalue weighted by Gasteiger charge is 2.33. The van der Waals surface area contributed by atoms with E-state index in [4.69, 9.17) is 9.47 Å². The lowest BCUT2D eigenvalue weighted by Crippen LogP contribution is -2.48. The molecule has 1 saturated heterocycles. The quantitative estimate of drug-likeness (QED) is 0.482. The molecule has 8 nitrogen and oxygen atoms in total. The molecule has 0 aromatic heterocycles. The minimum Gasteiger partial charge on any atom is -0.489 e. The molecule has 2 atom stereocenters. The molecule has 2 aliphatic rings. The number of nitrogens with one attached hydrogen (secondary N) is 1. The van der Waals surface area contributed by atoms with Crippen molar-refractivity contribution >= 4 is 17.7 Å². The van der Waals surface area contributed by atoms with Gasteiger partial charge in [0.2, 0.25) is 11.8 Å². The molecule has 0 aliphatic carbocycles. The van der Waals surface area contributed by atoms with Crippen molar-refractivity contribution in [3.05, 3.63) is 77.9 Å². The van der Waals surface area contributed by atoms with Crippen LogP contribution in [0.5, 0.6) is 5.75 Å². The number of piperidine rings is 1. The average molecular weight is 506 g/mol. The van der Waals surface area contributed by atoms with Gasteiger partial charge in [0.1, 0.15) is 18.9 Å². The molecule has 37 heavy (non-hydrogen) atoms. The van der Waals surface area contributed by atoms with Crippen LogP contribution in [0.2, 0.25) is 0 Å². The first-order chi connectivity index (χ1) is 18.0. The largest absolute Gasteiger partial charge is 0.489 e. The number of methoxy groups -OCH3 is 1. The minimum absolute atomic E-state index is 0.0112. The van der Waals surface area contributed by atoms with E-state index in [2.05, 4.69) is 11.4 Å². The van der Waals surface area contributed by atoms with E-state index in [1.807, 2.05) is 53.4 Å². The summed E-state index contributed by atoms with van der Waals surface area (Å²) in [4.78, 5) is 42.8. The summed E-state index contributed by atoms with van der Waals surface area (Å²) in [5.74, 6) is 0.510. The molecule has 196 valence electrons. The molecule has 0 unspecified atom stereocenters. The van der Waals surface area contributed by atoms with Crippen molar-refractivity contribution in [3.8, 4) is 5.75 Å². The Bertz CT molecular complexity index is 1100. The average Bonchev–Trinajstić information content (AvgIpc) is 2.92. The number of benzene rings is 2. The van der Waals surface area contributed by atoms with Crippen LogP contribution >= 0.6 is 0 Å². The van der Waals surface area contributed by atoms with Gasteiger partial charge in [0.15, 0.2) is 0 Å². The highest BCUT2D eigenvalue weighted by molar-refractivity contribution is 5.96. The Morgan fingerprint density at radius 2 is 1.86 bits per heavy atom. The van der Waals surface area contributed by atoms with E-state index in [1.165, 1.54) is 0 Å². The molecule has 1 N–H and O–H groups in total. The Hall–Kier alpha value is -3.65. The SMILES string of the molecule is COCCNC(=O)C[C@@H]1CCN2C[C@@H]1C=CCOc1ccccc1CN(C(=O)c1ccccc1)CC2=O. The molecule has 2 bridgehead atoms. The highest BCUT2D eigenvalue weighted by atomic mass is 16.5. The van der Waals surface area contributed by atoms with E-state index in [9.17, 15) is 14.4 Å². The predicted molar refractivity (Wildman–Crippen MR) is 140 cm³/mol. The van der Waals surface area contributed by atoms with Crippen molar-refractivity contribution in [2.45, 2.75) is 19.4 Å². The molecule has 0 spiro atoms. The van der Waals surface area contributed by atoms with Gasteiger partial charge in [0.05, 0.1) is 13.2 Å². The molecule has 3 amide bonds. The Morgan fingerprint density at radius 3 is 2.68 bits per heavy atom. The van der Waals surface area contributed by atoms with Gasteiger partial charge in [-0.1, -0.05) is 48.6 Å². The van der Waals surface area contributed by atoms with E-state index in [-0.39, 0.29) is 42.6 Å². The topological polar surface area (TPSA) is 88.2 Å². The van der Waals surface area contributed by atoms with Gasteiger partial charge in [-0.25, -0.2) is 0 Å². The zero-order chi connectivity index (χ0) is 26.0. The zero-order valence-corrected chi connectivity index (χ0v) is 21.3. The summed E-state index contributed by atoms with van der Waals surface area (Å²) in [6.45, 7) is 2.61. The lowest BCUT2D eigenvalue weighted by Gasteiger charge is -2.38. The second kappa shape index (κ2) is 13.1. The molecule has 8 heteroatoms. The number of para-hydroxylation sites is 1. The number of hydrogen-bond acceptors (Lipinski definition) is 5. The monoisotopic (exact) mass is 505 g/mol. The molecule has 2 aliphatic heterocycles. The van der Waals surface area contributed by atoms with Gasteiger partial charge < -0.3 is 24.6 Å². The molecule has 2 heterocycles. The minimum atomic E-state index is -0.198. The summed E-state index contributed by atoms with van der Waals surface area (Å²) < 4.78 is 11.1. The number of ether oxygens (including phenoxy) is 2. The number of carbonyl (C=O) groups is 3. The van der Waals surface area contributed by atoms with Crippen molar-refractivity contribution in [1.82, 2.24) is 15.1 Å².